The van der Waals surface area contributed by atoms with Crippen molar-refractivity contribution in [1.29, 1.82) is 0 Å². The Balaban J connectivity index is 1.77. The van der Waals surface area contributed by atoms with Crippen molar-refractivity contribution in [2.75, 3.05) is 6.61 Å². The molecule has 7 heteroatoms. The van der Waals surface area contributed by atoms with E-state index in [0.29, 0.717) is 13.0 Å². The number of rotatable bonds is 9. The number of ether oxygens (including phenoxy) is 1. The summed E-state index contributed by atoms with van der Waals surface area (Å²) in [5, 5.41) is -0.124. The first kappa shape index (κ1) is 22.4. The first-order chi connectivity index (χ1) is 12.9. The molecule has 0 aromatic rings. The van der Waals surface area contributed by atoms with Gasteiger partial charge < -0.3 is 4.74 Å². The molecule has 4 bridgehead atoms. The second-order valence-electron chi connectivity index (χ2n) is 10.3. The molecule has 4 rings (SSSR count). The minimum Gasteiger partial charge on any atom is -0.463 e. The molecule has 4 aliphatic carbocycles. The summed E-state index contributed by atoms with van der Waals surface area (Å²) in [6, 6.07) is 0. The molecule has 0 saturated heterocycles. The molecule has 0 aromatic heterocycles. The van der Waals surface area contributed by atoms with Crippen molar-refractivity contribution in [2.24, 2.45) is 29.1 Å². The zero-order valence-corrected chi connectivity index (χ0v) is 19.3. The van der Waals surface area contributed by atoms with Gasteiger partial charge in [0, 0.05) is 10.7 Å². The van der Waals surface area contributed by atoms with Gasteiger partial charge in [-0.1, -0.05) is 27.7 Å². The molecular formula is C21H36O5S2. The lowest BCUT2D eigenvalue weighted by Crippen LogP contribution is -2.51. The Labute approximate surface area is 174 Å². The van der Waals surface area contributed by atoms with Gasteiger partial charge in [0.2, 0.25) is 4.08 Å². The molecule has 28 heavy (non-hydrogen) atoms. The molecular weight excluding hydrogens is 396 g/mol. The van der Waals surface area contributed by atoms with Crippen LogP contribution in [0.4, 0.5) is 0 Å². The maximum Gasteiger partial charge on any atom is 0.340 e. The predicted octanol–water partition coefficient (Wildman–Crippen LogP) is 4.91. The fourth-order valence-electron chi connectivity index (χ4n) is 6.16. The fourth-order valence-corrected chi connectivity index (χ4v) is 9.02. The predicted molar refractivity (Wildman–Crippen MR) is 113 cm³/mol. The van der Waals surface area contributed by atoms with Gasteiger partial charge in [-0.2, -0.15) is 8.42 Å². The summed E-state index contributed by atoms with van der Waals surface area (Å²) in [7, 11) is -4.61. The van der Waals surface area contributed by atoms with E-state index in [2.05, 4.69) is 0 Å². The van der Waals surface area contributed by atoms with E-state index in [9.17, 15) is 17.8 Å². The van der Waals surface area contributed by atoms with Gasteiger partial charge in [-0.3, -0.25) is 4.55 Å². The van der Waals surface area contributed by atoms with E-state index in [1.54, 1.807) is 0 Å². The fraction of sp³-hybridized carbons (Fsp3) is 0.952. The molecule has 0 heterocycles. The van der Waals surface area contributed by atoms with Gasteiger partial charge in [-0.05, 0) is 75.0 Å². The molecule has 4 fully saturated rings. The van der Waals surface area contributed by atoms with E-state index in [1.807, 2.05) is 27.7 Å². The second kappa shape index (κ2) is 8.10. The smallest absolute Gasteiger partial charge is 0.340 e. The van der Waals surface area contributed by atoms with Gasteiger partial charge in [-0.25, -0.2) is 4.79 Å². The third-order valence-electron chi connectivity index (χ3n) is 6.88. The summed E-state index contributed by atoms with van der Waals surface area (Å²) in [6.45, 7) is 7.94. The van der Waals surface area contributed by atoms with E-state index >= 15 is 0 Å². The van der Waals surface area contributed by atoms with Crippen molar-refractivity contribution in [2.45, 2.75) is 88.4 Å². The lowest BCUT2D eigenvalue weighted by Gasteiger charge is -2.56. The first-order valence-electron chi connectivity index (χ1n) is 10.8. The third kappa shape index (κ3) is 4.56. The minimum absolute atomic E-state index is 0.0237. The molecule has 5 nitrogen and oxygen atoms in total. The molecule has 1 unspecified atom stereocenters. The highest BCUT2D eigenvalue weighted by Gasteiger charge is 2.55. The van der Waals surface area contributed by atoms with Gasteiger partial charge in [0.1, 0.15) is 0 Å². The quantitative estimate of drug-likeness (QED) is 0.412. The zero-order valence-electron chi connectivity index (χ0n) is 17.6. The van der Waals surface area contributed by atoms with Crippen LogP contribution < -0.4 is 0 Å². The average Bonchev–Trinajstić information content (AvgIpc) is 2.53. The van der Waals surface area contributed by atoms with Crippen LogP contribution in [0.3, 0.4) is 0 Å². The normalized spacial score (nSPS) is 34.0. The van der Waals surface area contributed by atoms with Crippen molar-refractivity contribution < 1.29 is 22.5 Å². The Morgan fingerprint density at radius 3 is 2.00 bits per heavy atom. The van der Waals surface area contributed by atoms with E-state index in [4.69, 9.17) is 4.74 Å². The Morgan fingerprint density at radius 2 is 1.61 bits per heavy atom. The van der Waals surface area contributed by atoms with E-state index in [0.717, 1.165) is 48.8 Å². The lowest BCUT2D eigenvalue weighted by atomic mass is 9.50. The van der Waals surface area contributed by atoms with Crippen molar-refractivity contribution in [3.63, 3.8) is 0 Å². The van der Waals surface area contributed by atoms with Crippen molar-refractivity contribution in [1.82, 2.24) is 0 Å². The van der Waals surface area contributed by atoms with E-state index in [-0.39, 0.29) is 23.0 Å². The van der Waals surface area contributed by atoms with Crippen LogP contribution in [0.2, 0.25) is 0 Å². The topological polar surface area (TPSA) is 80.7 Å². The van der Waals surface area contributed by atoms with Crippen LogP contribution in [-0.4, -0.2) is 34.9 Å². The lowest BCUT2D eigenvalue weighted by molar-refractivity contribution is -0.156. The van der Waals surface area contributed by atoms with Gasteiger partial charge >= 0.3 is 5.97 Å². The van der Waals surface area contributed by atoms with E-state index < -0.39 is 20.2 Å². The average molecular weight is 433 g/mol. The largest absolute Gasteiger partial charge is 0.463 e. The number of hydrogen-bond donors (Lipinski definition) is 1. The number of carbonyl (C=O) groups excluding carboxylic acids is 1. The number of thioether (sulfide) groups is 1. The number of hydrogen-bond acceptors (Lipinski definition) is 5. The van der Waals surface area contributed by atoms with Gasteiger partial charge in [0.05, 0.1) is 6.61 Å². The first-order valence-corrected chi connectivity index (χ1v) is 13.1. The van der Waals surface area contributed by atoms with Crippen LogP contribution in [0, 0.1) is 29.1 Å². The van der Waals surface area contributed by atoms with Crippen LogP contribution >= 0.6 is 11.8 Å². The van der Waals surface area contributed by atoms with Crippen LogP contribution in [0.25, 0.3) is 0 Å². The van der Waals surface area contributed by atoms with Crippen LogP contribution in [0.5, 0.6) is 0 Å². The van der Waals surface area contributed by atoms with Crippen molar-refractivity contribution in [3.8, 4) is 0 Å². The second-order valence-corrected chi connectivity index (χ2v) is 14.1. The van der Waals surface area contributed by atoms with Gasteiger partial charge in [0.25, 0.3) is 10.1 Å². The minimum atomic E-state index is -4.61. The Morgan fingerprint density at radius 1 is 1.11 bits per heavy atom. The summed E-state index contributed by atoms with van der Waals surface area (Å²) in [6.07, 6.45) is 7.80. The Bertz CT molecular complexity index is 650. The molecule has 0 radical (unpaired) electrons. The number of carbonyl (C=O) groups is 1. The molecule has 162 valence electrons. The monoisotopic (exact) mass is 432 g/mol. The van der Waals surface area contributed by atoms with Crippen LogP contribution in [-0.2, 0) is 19.6 Å². The summed E-state index contributed by atoms with van der Waals surface area (Å²) >= 11 is 1.01. The molecule has 0 aliphatic heterocycles. The van der Waals surface area contributed by atoms with Crippen molar-refractivity contribution in [3.05, 3.63) is 0 Å². The molecule has 0 spiro atoms. The highest BCUT2D eigenvalue weighted by Crippen LogP contribution is 2.60. The van der Waals surface area contributed by atoms with Gasteiger partial charge in [0.15, 0.2) is 0 Å². The summed E-state index contributed by atoms with van der Waals surface area (Å²) in [5.74, 6) is 1.67. The summed E-state index contributed by atoms with van der Waals surface area (Å²) in [5.41, 5.74) is 0.0237. The molecule has 0 aromatic carbocycles. The van der Waals surface area contributed by atoms with Gasteiger partial charge in [-0.15, -0.1) is 11.8 Å². The molecule has 0 amide bonds. The highest BCUT2D eigenvalue weighted by molar-refractivity contribution is 8.14. The Kier molecular flexibility index (Phi) is 6.49. The standard InChI is InChI=1S/C21H36O5S2/c1-14(2)5-6-21(27-15(3)4,28(23,24)25)19(22)26-13-20-10-16-7-17(11-20)9-18(8-16)12-20/h14-18H,5-13H2,1-4H3,(H,23,24,25). The third-order valence-corrected chi connectivity index (χ3v) is 10.2. The molecule has 1 N–H and O–H groups in total. The molecule has 1 atom stereocenters. The highest BCUT2D eigenvalue weighted by atomic mass is 32.3. The maximum atomic E-state index is 13.2. The molecule has 4 aliphatic rings. The Hall–Kier alpha value is -0.270. The van der Waals surface area contributed by atoms with Crippen LogP contribution in [0.1, 0.15) is 79.1 Å². The maximum absolute atomic E-state index is 13.2. The summed E-state index contributed by atoms with van der Waals surface area (Å²) < 4.78 is 38.7. The zero-order chi connectivity index (χ0) is 20.7. The van der Waals surface area contributed by atoms with Crippen LogP contribution in [0.15, 0.2) is 0 Å². The summed E-state index contributed by atoms with van der Waals surface area (Å²) in [4.78, 5) is 13.2. The van der Waals surface area contributed by atoms with Crippen molar-refractivity contribution >= 4 is 27.8 Å². The SMILES string of the molecule is CC(C)CCC(SC(C)C)(C(=O)OCC12CC3CC(CC(C3)C1)C2)S(=O)(=O)O. The number of esters is 1. The van der Waals surface area contributed by atoms with E-state index in [1.165, 1.54) is 19.3 Å². The molecule has 4 saturated carbocycles.